The summed E-state index contributed by atoms with van der Waals surface area (Å²) in [5.41, 5.74) is -0.0263. The van der Waals surface area contributed by atoms with Crippen LogP contribution in [0.1, 0.15) is 95.7 Å². The number of carbonyl (C=O) groups is 4. The third-order valence-corrected chi connectivity index (χ3v) is 15.6. The molecule has 0 bridgehead atoms. The van der Waals surface area contributed by atoms with Crippen molar-refractivity contribution in [2.45, 2.75) is 125 Å². The number of nitrogens with zero attached hydrogens (tertiary/aromatic N) is 3. The molecular formula is C43H58N6O10S. The Morgan fingerprint density at radius 2 is 1.90 bits per heavy atom. The first-order valence-corrected chi connectivity index (χ1v) is 23.2. The lowest BCUT2D eigenvalue weighted by Crippen LogP contribution is -2.58. The monoisotopic (exact) mass is 850 g/mol. The Balaban J connectivity index is 1.07. The van der Waals surface area contributed by atoms with Crippen LogP contribution in [0, 0.1) is 5.92 Å². The predicted molar refractivity (Wildman–Crippen MR) is 221 cm³/mol. The van der Waals surface area contributed by atoms with Crippen LogP contribution >= 0.6 is 0 Å². The molecule has 0 unspecified atom stereocenters. The van der Waals surface area contributed by atoms with E-state index >= 15 is 0 Å². The predicted octanol–water partition coefficient (Wildman–Crippen LogP) is 3.59. The fraction of sp³-hybridized carbons (Fsp3) is 0.651. The Hall–Kier alpha value is -4.48. The van der Waals surface area contributed by atoms with Crippen LogP contribution in [0.2, 0.25) is 0 Å². The number of fused-ring (bicyclic) bond motifs is 5. The van der Waals surface area contributed by atoms with E-state index < -0.39 is 67.7 Å². The lowest BCUT2D eigenvalue weighted by atomic mass is 9.87. The first-order chi connectivity index (χ1) is 28.8. The van der Waals surface area contributed by atoms with E-state index in [2.05, 4.69) is 20.3 Å². The van der Waals surface area contributed by atoms with E-state index in [1.165, 1.54) is 4.90 Å². The SMILES string of the molecule is CCc1nc2ccc(OCCCN3CCOCC3)cc2c2c1O[C@]1(CC2)C[C@H]2C(=O)N[C@]3(C(=O)NS(=O)(=O)C4(C)CC4)C[C@H]3/C=C\CCCCC[C@H](NC(=O)O)C(=O)N2C1. The van der Waals surface area contributed by atoms with E-state index in [1.54, 1.807) is 6.92 Å². The molecule has 4 fully saturated rings. The van der Waals surface area contributed by atoms with Crippen LogP contribution < -0.4 is 24.8 Å². The minimum atomic E-state index is -4.00. The van der Waals surface area contributed by atoms with Crippen LogP contribution in [0.4, 0.5) is 4.79 Å². The molecule has 1 aromatic heterocycles. The van der Waals surface area contributed by atoms with Crippen molar-refractivity contribution in [3.05, 3.63) is 41.6 Å². The molecule has 2 aliphatic carbocycles. The van der Waals surface area contributed by atoms with Gasteiger partial charge in [-0.3, -0.25) is 24.0 Å². The van der Waals surface area contributed by atoms with Gasteiger partial charge < -0.3 is 34.9 Å². The fourth-order valence-electron chi connectivity index (χ4n) is 9.36. The number of nitrogens with one attached hydrogen (secondary N) is 3. The van der Waals surface area contributed by atoms with Gasteiger partial charge in [-0.2, -0.15) is 0 Å². The molecule has 8 rings (SSSR count). The lowest BCUT2D eigenvalue weighted by Gasteiger charge is -2.37. The zero-order valence-electron chi connectivity index (χ0n) is 34.6. The Bertz CT molecular complexity index is 2160. The number of aromatic nitrogens is 1. The number of rotatable bonds is 10. The molecule has 2 saturated carbocycles. The van der Waals surface area contributed by atoms with Crippen molar-refractivity contribution in [3.63, 3.8) is 0 Å². The number of pyridine rings is 1. The maximum Gasteiger partial charge on any atom is 0.405 e. The highest BCUT2D eigenvalue weighted by atomic mass is 32.2. The standard InChI is InChI=1S/C43H58N6O10S/c1-3-32-36-30(31-24-29(12-13-33(31)44-32)58-21-9-18-48-19-22-57-23-20-48)14-15-42(59-36)26-35-37(50)46-43(39(52)47-60(55,56)41(2)16-17-41)25-28(43)10-7-5-4-6-8-11-34(45-40(53)54)38(51)49(35)27-42/h7,10,12-13,24,28,34-35,45H,3-6,8-9,11,14-23,25-27H2,1-2H3,(H,46,50)(H,47,52)(H,53,54)/b10-7-/t28-,34+,35+,42-,43-/m1/s1. The molecule has 60 heavy (non-hydrogen) atoms. The van der Waals surface area contributed by atoms with Crippen molar-refractivity contribution in [2.75, 3.05) is 46.0 Å². The number of sulfonamides is 1. The smallest absolute Gasteiger partial charge is 0.405 e. The van der Waals surface area contributed by atoms with Gasteiger partial charge >= 0.3 is 6.09 Å². The first kappa shape index (κ1) is 42.2. The second-order valence-electron chi connectivity index (χ2n) is 17.7. The molecule has 2 aromatic rings. The van der Waals surface area contributed by atoms with Crippen LogP contribution in [0.5, 0.6) is 11.5 Å². The summed E-state index contributed by atoms with van der Waals surface area (Å²) in [6.07, 6.45) is 9.06. The van der Waals surface area contributed by atoms with Gasteiger partial charge in [0.2, 0.25) is 21.8 Å². The zero-order chi connectivity index (χ0) is 42.3. The minimum absolute atomic E-state index is 0.00387. The zero-order valence-corrected chi connectivity index (χ0v) is 35.4. The molecule has 16 nitrogen and oxygen atoms in total. The Morgan fingerprint density at radius 1 is 1.10 bits per heavy atom. The number of morpholine rings is 1. The molecule has 5 atom stereocenters. The molecule has 1 spiro atoms. The number of amides is 4. The molecule has 4 aliphatic heterocycles. The first-order valence-electron chi connectivity index (χ1n) is 21.7. The summed E-state index contributed by atoms with van der Waals surface area (Å²) in [5, 5.41) is 16.0. The van der Waals surface area contributed by atoms with Gasteiger partial charge in [0, 0.05) is 42.9 Å². The van der Waals surface area contributed by atoms with Gasteiger partial charge in [0.05, 0.1) is 42.3 Å². The van der Waals surface area contributed by atoms with E-state index in [9.17, 15) is 32.7 Å². The highest BCUT2D eigenvalue weighted by molar-refractivity contribution is 7.91. The second kappa shape index (κ2) is 16.8. The Morgan fingerprint density at radius 3 is 2.65 bits per heavy atom. The summed E-state index contributed by atoms with van der Waals surface area (Å²) < 4.78 is 46.4. The van der Waals surface area contributed by atoms with Crippen LogP contribution in [-0.4, -0.2) is 126 Å². The third-order valence-electron chi connectivity index (χ3n) is 13.5. The average molecular weight is 851 g/mol. The van der Waals surface area contributed by atoms with Crippen molar-refractivity contribution in [1.29, 1.82) is 0 Å². The maximum atomic E-state index is 14.6. The van der Waals surface area contributed by atoms with E-state index in [4.69, 9.17) is 19.2 Å². The minimum Gasteiger partial charge on any atom is -0.494 e. The number of hydrogen-bond acceptors (Lipinski definition) is 11. The highest BCUT2D eigenvalue weighted by Gasteiger charge is 2.64. The molecule has 326 valence electrons. The molecule has 17 heteroatoms. The number of benzene rings is 1. The van der Waals surface area contributed by atoms with Gasteiger partial charge in [-0.25, -0.2) is 18.2 Å². The summed E-state index contributed by atoms with van der Waals surface area (Å²) in [6, 6.07) is 3.66. The quantitative estimate of drug-likeness (QED) is 0.200. The largest absolute Gasteiger partial charge is 0.494 e. The van der Waals surface area contributed by atoms with Gasteiger partial charge in [0.25, 0.3) is 5.91 Å². The third kappa shape index (κ3) is 8.53. The molecule has 0 radical (unpaired) electrons. The topological polar surface area (TPSA) is 206 Å². The summed E-state index contributed by atoms with van der Waals surface area (Å²) in [4.78, 5) is 63.9. The molecule has 2 saturated heterocycles. The molecule has 1 aromatic carbocycles. The van der Waals surface area contributed by atoms with Gasteiger partial charge in [0.15, 0.2) is 0 Å². The van der Waals surface area contributed by atoms with Gasteiger partial charge in [-0.15, -0.1) is 0 Å². The molecule has 4 amide bonds. The molecule has 4 N–H and O–H groups in total. The number of ether oxygens (including phenoxy) is 3. The van der Waals surface area contributed by atoms with Crippen molar-refractivity contribution >= 4 is 44.7 Å². The van der Waals surface area contributed by atoms with E-state index in [0.29, 0.717) is 57.3 Å². The summed E-state index contributed by atoms with van der Waals surface area (Å²) in [6.45, 7) is 8.44. The Labute approximate surface area is 351 Å². The van der Waals surface area contributed by atoms with Crippen LogP contribution in [0.15, 0.2) is 30.4 Å². The van der Waals surface area contributed by atoms with E-state index in [1.807, 2.05) is 37.3 Å². The van der Waals surface area contributed by atoms with Crippen LogP contribution in [0.25, 0.3) is 10.9 Å². The van der Waals surface area contributed by atoms with Crippen molar-refractivity contribution in [2.24, 2.45) is 5.92 Å². The number of allylic oxidation sites excluding steroid dienone is 1. The van der Waals surface area contributed by atoms with Gasteiger partial charge in [-0.05, 0) is 89.3 Å². The van der Waals surface area contributed by atoms with Crippen molar-refractivity contribution < 1.29 is 46.9 Å². The van der Waals surface area contributed by atoms with Gasteiger partial charge in [0.1, 0.15) is 34.7 Å². The number of aryl methyl sites for hydroxylation is 2. The van der Waals surface area contributed by atoms with Crippen LogP contribution in [0.3, 0.4) is 0 Å². The molecular weight excluding hydrogens is 793 g/mol. The summed E-state index contributed by atoms with van der Waals surface area (Å²) in [7, 11) is -4.00. The molecule has 5 heterocycles. The Kier molecular flexibility index (Phi) is 11.8. The van der Waals surface area contributed by atoms with Crippen LogP contribution in [-0.2, 0) is 42.0 Å². The normalized spacial score (nSPS) is 29.8. The summed E-state index contributed by atoms with van der Waals surface area (Å²) >= 11 is 0. The number of hydrogen-bond donors (Lipinski definition) is 4. The second-order valence-corrected chi connectivity index (χ2v) is 19.9. The highest BCUT2D eigenvalue weighted by Crippen LogP contribution is 2.49. The van der Waals surface area contributed by atoms with Crippen molar-refractivity contribution in [1.82, 2.24) is 30.1 Å². The van der Waals surface area contributed by atoms with E-state index in [0.717, 1.165) is 80.0 Å². The fourth-order valence-corrected chi connectivity index (χ4v) is 10.7. The number of carbonyl (C=O) groups excluding carboxylic acids is 3. The number of carboxylic acid groups (broad SMARTS) is 1. The van der Waals surface area contributed by atoms with E-state index in [-0.39, 0.29) is 25.8 Å². The summed E-state index contributed by atoms with van der Waals surface area (Å²) in [5.74, 6) is -1.07. The maximum absolute atomic E-state index is 14.6. The molecule has 6 aliphatic rings. The van der Waals surface area contributed by atoms with Gasteiger partial charge in [-0.1, -0.05) is 31.9 Å². The van der Waals surface area contributed by atoms with Crippen molar-refractivity contribution in [3.8, 4) is 11.5 Å². The lowest BCUT2D eigenvalue weighted by molar-refractivity contribution is -0.141. The average Bonchev–Trinajstić information content (AvgIpc) is 4.12.